The van der Waals surface area contributed by atoms with Crippen molar-refractivity contribution >= 4 is 10.0 Å². The first-order chi connectivity index (χ1) is 7.39. The summed E-state index contributed by atoms with van der Waals surface area (Å²) in [6, 6.07) is 1.81. The molecule has 1 rings (SSSR count). The van der Waals surface area contributed by atoms with Crippen LogP contribution >= 0.6 is 0 Å². The molecule has 2 atom stereocenters. The van der Waals surface area contributed by atoms with Gasteiger partial charge in [0.1, 0.15) is 0 Å². The van der Waals surface area contributed by atoms with Gasteiger partial charge in [0, 0.05) is 12.1 Å². The van der Waals surface area contributed by atoms with E-state index in [1.807, 2.05) is 6.92 Å². The molecule has 1 aliphatic rings. The van der Waals surface area contributed by atoms with E-state index in [0.29, 0.717) is 5.92 Å². The smallest absolute Gasteiger partial charge is 0.228 e. The molecule has 0 radical (unpaired) electrons. The lowest BCUT2D eigenvalue weighted by Crippen LogP contribution is -2.55. The summed E-state index contributed by atoms with van der Waals surface area (Å²) in [6.07, 6.45) is 2.29. The van der Waals surface area contributed by atoms with Gasteiger partial charge in [0.05, 0.1) is 6.07 Å². The van der Waals surface area contributed by atoms with E-state index in [2.05, 4.69) is 4.72 Å². The summed E-state index contributed by atoms with van der Waals surface area (Å²) in [5.41, 5.74) is 5.03. The lowest BCUT2D eigenvalue weighted by molar-refractivity contribution is 0.373. The SMILES string of the molecule is CCC(C#N)S(=O)(=O)NC(C)(CN)C1CC1. The minimum absolute atomic E-state index is 0.263. The van der Waals surface area contributed by atoms with Crippen molar-refractivity contribution in [2.24, 2.45) is 11.7 Å². The van der Waals surface area contributed by atoms with Crippen molar-refractivity contribution in [2.75, 3.05) is 6.54 Å². The van der Waals surface area contributed by atoms with Crippen molar-refractivity contribution in [3.05, 3.63) is 0 Å². The van der Waals surface area contributed by atoms with E-state index in [-0.39, 0.29) is 13.0 Å². The second kappa shape index (κ2) is 4.70. The molecule has 0 amide bonds. The minimum Gasteiger partial charge on any atom is -0.329 e. The van der Waals surface area contributed by atoms with Gasteiger partial charge in [-0.3, -0.25) is 0 Å². The fraction of sp³-hybridized carbons (Fsp3) is 0.900. The summed E-state index contributed by atoms with van der Waals surface area (Å²) < 4.78 is 26.4. The van der Waals surface area contributed by atoms with E-state index < -0.39 is 20.8 Å². The summed E-state index contributed by atoms with van der Waals surface area (Å²) in [5, 5.41) is 7.80. The molecule has 0 saturated heterocycles. The van der Waals surface area contributed by atoms with Crippen molar-refractivity contribution < 1.29 is 8.42 Å². The van der Waals surface area contributed by atoms with Gasteiger partial charge in [0.15, 0.2) is 5.25 Å². The lowest BCUT2D eigenvalue weighted by atomic mass is 9.98. The highest BCUT2D eigenvalue weighted by atomic mass is 32.2. The molecule has 0 bridgehead atoms. The molecule has 16 heavy (non-hydrogen) atoms. The van der Waals surface area contributed by atoms with Crippen molar-refractivity contribution in [1.29, 1.82) is 5.26 Å². The number of nitrogens with two attached hydrogens (primary N) is 1. The highest BCUT2D eigenvalue weighted by molar-refractivity contribution is 7.90. The van der Waals surface area contributed by atoms with Crippen molar-refractivity contribution in [2.45, 2.75) is 43.9 Å². The summed E-state index contributed by atoms with van der Waals surface area (Å²) in [6.45, 7) is 3.76. The fourth-order valence-corrected chi connectivity index (χ4v) is 3.41. The third-order valence-corrected chi connectivity index (χ3v) is 5.11. The Bertz CT molecular complexity index is 383. The second-order valence-electron chi connectivity index (χ2n) is 4.57. The summed E-state index contributed by atoms with van der Waals surface area (Å²) in [4.78, 5) is 0. The molecule has 6 heteroatoms. The van der Waals surface area contributed by atoms with Crippen LogP contribution in [0, 0.1) is 17.2 Å². The third kappa shape index (κ3) is 2.73. The number of rotatable bonds is 6. The van der Waals surface area contributed by atoms with E-state index in [4.69, 9.17) is 11.0 Å². The molecular formula is C10H19N3O2S. The Balaban J connectivity index is 2.82. The number of sulfonamides is 1. The van der Waals surface area contributed by atoms with Gasteiger partial charge in [-0.25, -0.2) is 13.1 Å². The zero-order chi connectivity index (χ0) is 12.4. The highest BCUT2D eigenvalue weighted by Crippen LogP contribution is 2.39. The van der Waals surface area contributed by atoms with Gasteiger partial charge in [-0.2, -0.15) is 5.26 Å². The number of nitrogens with zero attached hydrogens (tertiary/aromatic N) is 1. The maximum atomic E-state index is 11.9. The molecule has 5 nitrogen and oxygen atoms in total. The molecule has 0 heterocycles. The third-order valence-electron chi connectivity index (χ3n) is 3.17. The van der Waals surface area contributed by atoms with Gasteiger partial charge in [-0.15, -0.1) is 0 Å². The van der Waals surface area contributed by atoms with Crippen molar-refractivity contribution in [1.82, 2.24) is 4.72 Å². The van der Waals surface area contributed by atoms with Crippen LogP contribution in [-0.2, 0) is 10.0 Å². The van der Waals surface area contributed by atoms with Crippen LogP contribution in [0.2, 0.25) is 0 Å². The molecule has 1 aliphatic carbocycles. The van der Waals surface area contributed by atoms with Crippen LogP contribution in [0.1, 0.15) is 33.1 Å². The van der Waals surface area contributed by atoms with Crippen molar-refractivity contribution in [3.8, 4) is 6.07 Å². The monoisotopic (exact) mass is 245 g/mol. The summed E-state index contributed by atoms with van der Waals surface area (Å²) in [5.74, 6) is 0.309. The van der Waals surface area contributed by atoms with Gasteiger partial charge in [-0.1, -0.05) is 6.92 Å². The number of hydrogen-bond acceptors (Lipinski definition) is 4. The second-order valence-corrected chi connectivity index (χ2v) is 6.43. The number of nitrogens with one attached hydrogen (secondary N) is 1. The Morgan fingerprint density at radius 1 is 1.62 bits per heavy atom. The average Bonchev–Trinajstić information content (AvgIpc) is 3.01. The molecule has 0 aromatic carbocycles. The van der Waals surface area contributed by atoms with Gasteiger partial charge in [-0.05, 0) is 32.1 Å². The zero-order valence-corrected chi connectivity index (χ0v) is 10.5. The van der Waals surface area contributed by atoms with Crippen LogP contribution in [0.3, 0.4) is 0 Å². The van der Waals surface area contributed by atoms with Gasteiger partial charge in [0.2, 0.25) is 10.0 Å². The topological polar surface area (TPSA) is 96.0 Å². The van der Waals surface area contributed by atoms with Crippen LogP contribution in [0.4, 0.5) is 0 Å². The van der Waals surface area contributed by atoms with Crippen LogP contribution in [0.15, 0.2) is 0 Å². The quantitative estimate of drug-likeness (QED) is 0.705. The number of nitriles is 1. The maximum Gasteiger partial charge on any atom is 0.228 e. The van der Waals surface area contributed by atoms with Crippen molar-refractivity contribution in [3.63, 3.8) is 0 Å². The minimum atomic E-state index is -3.59. The summed E-state index contributed by atoms with van der Waals surface area (Å²) >= 11 is 0. The Morgan fingerprint density at radius 3 is 2.50 bits per heavy atom. The molecule has 2 unspecified atom stereocenters. The predicted octanol–water partition coefficient (Wildman–Crippen LogP) is 0.335. The zero-order valence-electron chi connectivity index (χ0n) is 9.73. The molecule has 3 N–H and O–H groups in total. The van der Waals surface area contributed by atoms with E-state index in [9.17, 15) is 8.42 Å². The van der Waals surface area contributed by atoms with E-state index in [0.717, 1.165) is 12.8 Å². The molecule has 0 aromatic rings. The Morgan fingerprint density at radius 2 is 2.19 bits per heavy atom. The van der Waals surface area contributed by atoms with Gasteiger partial charge < -0.3 is 5.73 Å². The molecule has 1 saturated carbocycles. The Labute approximate surface area is 97.1 Å². The van der Waals surface area contributed by atoms with Crippen LogP contribution in [0.25, 0.3) is 0 Å². The first kappa shape index (κ1) is 13.4. The fourth-order valence-electron chi connectivity index (χ4n) is 1.79. The largest absolute Gasteiger partial charge is 0.329 e. The maximum absolute atomic E-state index is 11.9. The molecule has 0 spiro atoms. The van der Waals surface area contributed by atoms with Gasteiger partial charge in [0.25, 0.3) is 0 Å². The Hall–Kier alpha value is -0.640. The Kier molecular flexibility index (Phi) is 3.94. The van der Waals surface area contributed by atoms with E-state index >= 15 is 0 Å². The lowest BCUT2D eigenvalue weighted by Gasteiger charge is -2.29. The average molecular weight is 245 g/mol. The first-order valence-electron chi connectivity index (χ1n) is 5.52. The van der Waals surface area contributed by atoms with Crippen LogP contribution in [0.5, 0.6) is 0 Å². The summed E-state index contributed by atoms with van der Waals surface area (Å²) in [7, 11) is -3.59. The molecule has 0 aliphatic heterocycles. The molecular weight excluding hydrogens is 226 g/mol. The van der Waals surface area contributed by atoms with Crippen LogP contribution < -0.4 is 10.5 Å². The first-order valence-corrected chi connectivity index (χ1v) is 7.06. The van der Waals surface area contributed by atoms with E-state index in [1.165, 1.54) is 0 Å². The highest BCUT2D eigenvalue weighted by Gasteiger charge is 2.44. The predicted molar refractivity (Wildman–Crippen MR) is 61.9 cm³/mol. The van der Waals surface area contributed by atoms with Crippen LogP contribution in [-0.4, -0.2) is 25.8 Å². The molecule has 0 aromatic heterocycles. The molecule has 1 fully saturated rings. The molecule has 92 valence electrons. The standard InChI is InChI=1S/C10H19N3O2S/c1-3-9(6-11)16(14,15)13-10(2,7-12)8-4-5-8/h8-9,13H,3-5,7,12H2,1-2H3. The van der Waals surface area contributed by atoms with Gasteiger partial charge >= 0.3 is 0 Å². The van der Waals surface area contributed by atoms with E-state index in [1.54, 1.807) is 13.0 Å². The number of hydrogen-bond donors (Lipinski definition) is 2. The normalized spacial score (nSPS) is 22.1.